The van der Waals surface area contributed by atoms with Gasteiger partial charge in [0, 0.05) is 37.1 Å². The summed E-state index contributed by atoms with van der Waals surface area (Å²) in [6, 6.07) is 3.98. The van der Waals surface area contributed by atoms with Crippen LogP contribution in [-0.4, -0.2) is 52.6 Å². The van der Waals surface area contributed by atoms with Crippen LogP contribution in [0.5, 0.6) is 5.75 Å². The molecule has 1 saturated carbocycles. The van der Waals surface area contributed by atoms with Crippen LogP contribution in [0.15, 0.2) is 29.2 Å². The van der Waals surface area contributed by atoms with E-state index in [2.05, 4.69) is 20.6 Å². The van der Waals surface area contributed by atoms with Gasteiger partial charge in [-0.15, -0.1) is 0 Å². The molecule has 3 aliphatic rings. The maximum absolute atomic E-state index is 14.9. The van der Waals surface area contributed by atoms with Crippen molar-refractivity contribution in [1.82, 2.24) is 14.5 Å². The topological polar surface area (TPSA) is 84.3 Å². The average molecular weight is 567 g/mol. The molecule has 3 aromatic rings. The number of piperidine rings is 1. The number of anilines is 4. The first-order chi connectivity index (χ1) is 18.6. The van der Waals surface area contributed by atoms with Crippen molar-refractivity contribution in [2.24, 2.45) is 18.9 Å². The zero-order valence-electron chi connectivity index (χ0n) is 21.1. The predicted molar refractivity (Wildman–Crippen MR) is 141 cm³/mol. The highest BCUT2D eigenvalue weighted by Crippen LogP contribution is 2.45. The van der Waals surface area contributed by atoms with Crippen LogP contribution in [-0.2, 0) is 7.05 Å². The molecule has 4 heterocycles. The SMILES string of the molecule is Cn1c(=O)c2c(c3cc(Nc4nc(N5CCC[C@@H](C(F)F)C5)ncc4Cl)ccc31)N[C@@H](C1CC1)C(F)(F)CO2. The molecule has 2 atom stereocenters. The second-order valence-corrected chi connectivity index (χ2v) is 10.9. The minimum atomic E-state index is -3.14. The van der Waals surface area contributed by atoms with E-state index < -0.39 is 36.5 Å². The van der Waals surface area contributed by atoms with E-state index in [9.17, 15) is 22.4 Å². The van der Waals surface area contributed by atoms with Crippen LogP contribution in [0.2, 0.25) is 5.02 Å². The number of hydrogen-bond donors (Lipinski definition) is 2. The van der Waals surface area contributed by atoms with Gasteiger partial charge in [0.2, 0.25) is 18.1 Å². The highest BCUT2D eigenvalue weighted by molar-refractivity contribution is 6.32. The van der Waals surface area contributed by atoms with Gasteiger partial charge in [-0.1, -0.05) is 11.6 Å². The summed E-state index contributed by atoms with van der Waals surface area (Å²) in [6.45, 7) is -0.179. The molecular weight excluding hydrogens is 540 g/mol. The van der Waals surface area contributed by atoms with E-state index in [1.165, 1.54) is 10.8 Å². The summed E-state index contributed by atoms with van der Waals surface area (Å²) in [5.41, 5.74) is 0.775. The van der Waals surface area contributed by atoms with Crippen molar-refractivity contribution >= 4 is 45.6 Å². The fraction of sp³-hybridized carbons (Fsp3) is 0.500. The molecule has 1 saturated heterocycles. The zero-order valence-corrected chi connectivity index (χ0v) is 21.8. The van der Waals surface area contributed by atoms with Crippen LogP contribution in [0, 0.1) is 11.8 Å². The van der Waals surface area contributed by atoms with Gasteiger partial charge >= 0.3 is 5.92 Å². The van der Waals surface area contributed by atoms with Crippen LogP contribution in [0.1, 0.15) is 25.7 Å². The standard InChI is InChI=1S/C26H27ClF4N6O2/c1-36-18-7-6-15(33-23-17(27)10-32-25(35-23)37-8-2-3-14(11-37)22(28)29)9-16(18)19-20(24(36)38)39-12-26(30,31)21(34-19)13-4-5-13/h6-7,9-10,13-14,21-22,34H,2-5,8,11-12H2,1H3,(H,32,33,35)/t14-,21+/m1/s1. The number of fused-ring (bicyclic) bond motifs is 3. The van der Waals surface area contributed by atoms with Gasteiger partial charge in [0.25, 0.3) is 5.56 Å². The summed E-state index contributed by atoms with van der Waals surface area (Å²) in [5.74, 6) is -3.69. The van der Waals surface area contributed by atoms with Crippen molar-refractivity contribution in [2.45, 2.75) is 44.1 Å². The third-order valence-electron chi connectivity index (χ3n) is 7.70. The second kappa shape index (κ2) is 9.72. The molecule has 208 valence electrons. The Balaban J connectivity index is 1.36. The fourth-order valence-electron chi connectivity index (χ4n) is 5.42. The smallest absolute Gasteiger partial charge is 0.301 e. The van der Waals surface area contributed by atoms with Crippen LogP contribution >= 0.6 is 11.6 Å². The van der Waals surface area contributed by atoms with Gasteiger partial charge in [-0.3, -0.25) is 4.79 Å². The number of alkyl halides is 4. The van der Waals surface area contributed by atoms with Gasteiger partial charge in [0.15, 0.2) is 12.4 Å². The molecular formula is C26H27ClF4N6O2. The molecule has 13 heteroatoms. The van der Waals surface area contributed by atoms with Crippen molar-refractivity contribution < 1.29 is 22.3 Å². The van der Waals surface area contributed by atoms with Gasteiger partial charge in [-0.05, 0) is 49.8 Å². The van der Waals surface area contributed by atoms with Gasteiger partial charge in [-0.2, -0.15) is 4.98 Å². The Kier molecular flexibility index (Phi) is 6.47. The molecule has 0 amide bonds. The average Bonchev–Trinajstić information content (AvgIpc) is 3.76. The molecule has 2 N–H and O–H groups in total. The number of nitrogens with one attached hydrogen (secondary N) is 2. The van der Waals surface area contributed by atoms with Crippen molar-refractivity contribution in [2.75, 3.05) is 35.2 Å². The first-order valence-corrected chi connectivity index (χ1v) is 13.3. The van der Waals surface area contributed by atoms with Crippen molar-refractivity contribution in [3.05, 3.63) is 39.8 Å². The zero-order chi connectivity index (χ0) is 27.5. The number of aryl methyl sites for hydroxylation is 1. The normalized spacial score (nSPS) is 22.7. The Bertz CT molecular complexity index is 1480. The summed E-state index contributed by atoms with van der Waals surface area (Å²) in [4.78, 5) is 23.5. The lowest BCUT2D eigenvalue weighted by molar-refractivity contribution is -0.0579. The molecule has 0 radical (unpaired) electrons. The molecule has 1 aromatic carbocycles. The van der Waals surface area contributed by atoms with Crippen LogP contribution in [0.25, 0.3) is 10.9 Å². The Hall–Kier alpha value is -3.28. The summed E-state index contributed by atoms with van der Waals surface area (Å²) in [5, 5.41) is 6.82. The summed E-state index contributed by atoms with van der Waals surface area (Å²) in [6.07, 6.45) is 1.41. The lowest BCUT2D eigenvalue weighted by Crippen LogP contribution is -2.44. The van der Waals surface area contributed by atoms with Gasteiger partial charge in [-0.25, -0.2) is 22.5 Å². The number of nitrogens with zero attached hydrogens (tertiary/aromatic N) is 4. The molecule has 2 fully saturated rings. The molecule has 2 aromatic heterocycles. The van der Waals surface area contributed by atoms with E-state index in [1.54, 1.807) is 30.1 Å². The Labute approximate surface area is 226 Å². The number of pyridine rings is 1. The maximum Gasteiger partial charge on any atom is 0.301 e. The van der Waals surface area contributed by atoms with Crippen molar-refractivity contribution in [3.8, 4) is 5.75 Å². The minimum Gasteiger partial charge on any atom is -0.480 e. The van der Waals surface area contributed by atoms with E-state index >= 15 is 0 Å². The Morgan fingerprint density at radius 2 is 2.05 bits per heavy atom. The van der Waals surface area contributed by atoms with Crippen molar-refractivity contribution in [1.29, 1.82) is 0 Å². The molecule has 0 bridgehead atoms. The van der Waals surface area contributed by atoms with Crippen LogP contribution in [0.3, 0.4) is 0 Å². The molecule has 2 aliphatic heterocycles. The molecule has 8 nitrogen and oxygen atoms in total. The van der Waals surface area contributed by atoms with E-state index in [4.69, 9.17) is 16.3 Å². The van der Waals surface area contributed by atoms with Crippen molar-refractivity contribution in [3.63, 3.8) is 0 Å². The largest absolute Gasteiger partial charge is 0.480 e. The highest BCUT2D eigenvalue weighted by atomic mass is 35.5. The third-order valence-corrected chi connectivity index (χ3v) is 7.98. The lowest BCUT2D eigenvalue weighted by Gasteiger charge is -2.32. The molecule has 0 spiro atoms. The summed E-state index contributed by atoms with van der Waals surface area (Å²) >= 11 is 6.37. The number of benzene rings is 1. The first kappa shape index (κ1) is 26.0. The molecule has 1 aliphatic carbocycles. The number of halogens is 5. The fourth-order valence-corrected chi connectivity index (χ4v) is 5.56. The molecule has 6 rings (SSSR count). The van der Waals surface area contributed by atoms with Crippen LogP contribution in [0.4, 0.5) is 40.7 Å². The minimum absolute atomic E-state index is 0.146. The third kappa shape index (κ3) is 4.83. The molecule has 39 heavy (non-hydrogen) atoms. The molecule has 0 unspecified atom stereocenters. The highest BCUT2D eigenvalue weighted by Gasteiger charge is 2.51. The van der Waals surface area contributed by atoms with E-state index in [0.29, 0.717) is 48.8 Å². The predicted octanol–water partition coefficient (Wildman–Crippen LogP) is 5.43. The Morgan fingerprint density at radius 1 is 1.26 bits per heavy atom. The van der Waals surface area contributed by atoms with E-state index in [0.717, 1.165) is 0 Å². The quantitative estimate of drug-likeness (QED) is 0.399. The summed E-state index contributed by atoms with van der Waals surface area (Å²) < 4.78 is 63.2. The first-order valence-electron chi connectivity index (χ1n) is 12.9. The van der Waals surface area contributed by atoms with Gasteiger partial charge < -0.3 is 24.8 Å². The van der Waals surface area contributed by atoms with Gasteiger partial charge in [0.1, 0.15) is 5.02 Å². The number of rotatable bonds is 5. The Morgan fingerprint density at radius 3 is 2.79 bits per heavy atom. The monoisotopic (exact) mass is 566 g/mol. The summed E-state index contributed by atoms with van der Waals surface area (Å²) in [7, 11) is 1.56. The lowest BCUT2D eigenvalue weighted by atomic mass is 9.99. The van der Waals surface area contributed by atoms with Gasteiger partial charge in [0.05, 0.1) is 23.4 Å². The second-order valence-electron chi connectivity index (χ2n) is 10.5. The van der Waals surface area contributed by atoms with E-state index in [-0.39, 0.29) is 40.7 Å². The number of hydrogen-bond acceptors (Lipinski definition) is 7. The number of ether oxygens (including phenoxy) is 1. The maximum atomic E-state index is 14.9. The van der Waals surface area contributed by atoms with E-state index in [1.807, 2.05) is 0 Å². The van der Waals surface area contributed by atoms with Crippen LogP contribution < -0.4 is 25.8 Å². The number of aromatic nitrogens is 3.